The Balaban J connectivity index is 2.31. The third kappa shape index (κ3) is 5.14. The fourth-order valence-corrected chi connectivity index (χ4v) is 2.52. The number of esters is 1. The molecule has 1 heterocycles. The highest BCUT2D eigenvalue weighted by Gasteiger charge is 2.41. The third-order valence-corrected chi connectivity index (χ3v) is 3.64. The van der Waals surface area contributed by atoms with Crippen molar-refractivity contribution in [2.45, 2.75) is 45.0 Å². The first-order valence-corrected chi connectivity index (χ1v) is 8.10. The molecule has 0 radical (unpaired) electrons. The molecular weight excluding hydrogens is 373 g/mol. The van der Waals surface area contributed by atoms with Crippen LogP contribution in [0.1, 0.15) is 26.3 Å². The molecule has 1 aromatic carbocycles. The van der Waals surface area contributed by atoms with Crippen molar-refractivity contribution in [3.05, 3.63) is 35.0 Å². The number of rotatable bonds is 4. The largest absolute Gasteiger partial charge is 0.471 e. The number of carbonyl (C=O) groups excluding carboxylic acids is 2. The maximum Gasteiger partial charge on any atom is 0.471 e. The molecule has 26 heavy (non-hydrogen) atoms. The van der Waals surface area contributed by atoms with Gasteiger partial charge in [0.15, 0.2) is 0 Å². The van der Waals surface area contributed by atoms with E-state index in [0.29, 0.717) is 21.5 Å². The van der Waals surface area contributed by atoms with Crippen molar-refractivity contribution < 1.29 is 27.5 Å². The molecule has 5 nitrogen and oxygen atoms in total. The summed E-state index contributed by atoms with van der Waals surface area (Å²) < 4.78 is 43.0. The summed E-state index contributed by atoms with van der Waals surface area (Å²) in [6.45, 7) is 4.75. The number of hydrogen-bond acceptors (Lipinski definition) is 3. The molecule has 0 saturated heterocycles. The Hall–Kier alpha value is -2.22. The number of halogens is 4. The number of nitrogens with one attached hydrogen (secondary N) is 2. The van der Waals surface area contributed by atoms with E-state index in [2.05, 4.69) is 4.98 Å². The minimum atomic E-state index is -5.11. The Bertz CT molecular complexity index is 825. The van der Waals surface area contributed by atoms with Gasteiger partial charge in [-0.1, -0.05) is 11.6 Å². The van der Waals surface area contributed by atoms with Crippen molar-refractivity contribution in [2.24, 2.45) is 0 Å². The van der Waals surface area contributed by atoms with Gasteiger partial charge in [0.2, 0.25) is 0 Å². The van der Waals surface area contributed by atoms with E-state index < -0.39 is 29.7 Å². The Kier molecular flexibility index (Phi) is 5.55. The molecule has 0 fully saturated rings. The average Bonchev–Trinajstić information content (AvgIpc) is 2.86. The van der Waals surface area contributed by atoms with Crippen LogP contribution in [0.5, 0.6) is 0 Å². The van der Waals surface area contributed by atoms with Crippen LogP contribution in [0.15, 0.2) is 24.4 Å². The van der Waals surface area contributed by atoms with Crippen LogP contribution in [0.2, 0.25) is 5.02 Å². The number of fused-ring (bicyclic) bond motifs is 1. The number of amides is 1. The lowest BCUT2D eigenvalue weighted by Crippen LogP contribution is -2.49. The van der Waals surface area contributed by atoms with E-state index in [9.17, 15) is 22.8 Å². The first kappa shape index (κ1) is 20.1. The normalized spacial score (nSPS) is 13.5. The number of aromatic nitrogens is 1. The van der Waals surface area contributed by atoms with Crippen molar-refractivity contribution in [3.63, 3.8) is 0 Å². The van der Waals surface area contributed by atoms with Crippen LogP contribution in [-0.4, -0.2) is 34.7 Å². The number of hydrogen-bond donors (Lipinski definition) is 2. The first-order chi connectivity index (χ1) is 11.9. The highest BCUT2D eigenvalue weighted by atomic mass is 35.5. The van der Waals surface area contributed by atoms with Gasteiger partial charge in [-0.25, -0.2) is 4.79 Å². The standard InChI is InChI=1S/C17H18ClF3N2O3/c1-16(2,3)26-14(24)13(23-15(25)17(19,20)21)6-9-8-22-12-5-4-10(18)7-11(9)12/h4-5,7-8,13,22H,6H2,1-3H3,(H,23,25). The maximum atomic E-state index is 12.6. The lowest BCUT2D eigenvalue weighted by Gasteiger charge is -2.24. The number of carbonyl (C=O) groups is 2. The fraction of sp³-hybridized carbons (Fsp3) is 0.412. The molecule has 1 aromatic heterocycles. The second-order valence-electron chi connectivity index (χ2n) is 6.77. The Labute approximate surface area is 152 Å². The molecule has 142 valence electrons. The lowest BCUT2D eigenvalue weighted by molar-refractivity contribution is -0.177. The van der Waals surface area contributed by atoms with Gasteiger partial charge in [-0.3, -0.25) is 4.79 Å². The van der Waals surface area contributed by atoms with Gasteiger partial charge in [0.05, 0.1) is 0 Å². The van der Waals surface area contributed by atoms with Gasteiger partial charge in [-0.15, -0.1) is 0 Å². The molecule has 0 aliphatic carbocycles. The van der Waals surface area contributed by atoms with Gasteiger partial charge in [0.1, 0.15) is 11.6 Å². The van der Waals surface area contributed by atoms with Crippen LogP contribution in [0.3, 0.4) is 0 Å². The summed E-state index contributed by atoms with van der Waals surface area (Å²) in [6, 6.07) is 3.49. The Morgan fingerprint density at radius 2 is 1.92 bits per heavy atom. The summed E-state index contributed by atoms with van der Waals surface area (Å²) in [5, 5.41) is 2.79. The van der Waals surface area contributed by atoms with Crippen LogP contribution in [-0.2, 0) is 20.7 Å². The number of alkyl halides is 3. The molecule has 0 saturated carbocycles. The summed E-state index contributed by atoms with van der Waals surface area (Å²) in [4.78, 5) is 26.6. The van der Waals surface area contributed by atoms with E-state index in [0.717, 1.165) is 0 Å². The van der Waals surface area contributed by atoms with Crippen molar-refractivity contribution in [1.29, 1.82) is 0 Å². The predicted octanol–water partition coefficient (Wildman–Crippen LogP) is 3.75. The molecular formula is C17H18ClF3N2O3. The van der Waals surface area contributed by atoms with Crippen LogP contribution in [0.25, 0.3) is 10.9 Å². The third-order valence-electron chi connectivity index (χ3n) is 3.41. The van der Waals surface area contributed by atoms with Gasteiger partial charge in [0.25, 0.3) is 0 Å². The Morgan fingerprint density at radius 1 is 1.27 bits per heavy atom. The quantitative estimate of drug-likeness (QED) is 0.781. The second-order valence-corrected chi connectivity index (χ2v) is 7.20. The van der Waals surface area contributed by atoms with Gasteiger partial charge >= 0.3 is 18.1 Å². The zero-order valence-electron chi connectivity index (χ0n) is 14.3. The van der Waals surface area contributed by atoms with Gasteiger partial charge in [0, 0.05) is 28.5 Å². The van der Waals surface area contributed by atoms with Gasteiger partial charge < -0.3 is 15.0 Å². The highest BCUT2D eigenvalue weighted by molar-refractivity contribution is 6.31. The van der Waals surface area contributed by atoms with E-state index in [1.807, 2.05) is 0 Å². The van der Waals surface area contributed by atoms with E-state index in [1.54, 1.807) is 50.5 Å². The molecule has 1 unspecified atom stereocenters. The van der Waals surface area contributed by atoms with Gasteiger partial charge in [-0.2, -0.15) is 13.2 Å². The van der Waals surface area contributed by atoms with Gasteiger partial charge in [-0.05, 0) is 44.5 Å². The van der Waals surface area contributed by atoms with E-state index in [4.69, 9.17) is 16.3 Å². The molecule has 9 heteroatoms. The topological polar surface area (TPSA) is 71.2 Å². The first-order valence-electron chi connectivity index (χ1n) is 7.73. The number of benzene rings is 1. The van der Waals surface area contributed by atoms with Crippen molar-refractivity contribution in [2.75, 3.05) is 0 Å². The predicted molar refractivity (Wildman–Crippen MR) is 90.8 cm³/mol. The monoisotopic (exact) mass is 390 g/mol. The number of H-pyrrole nitrogens is 1. The number of aromatic amines is 1. The molecule has 0 spiro atoms. The number of ether oxygens (including phenoxy) is 1. The van der Waals surface area contributed by atoms with E-state index >= 15 is 0 Å². The Morgan fingerprint density at radius 3 is 2.50 bits per heavy atom. The highest BCUT2D eigenvalue weighted by Crippen LogP contribution is 2.24. The second kappa shape index (κ2) is 7.19. The smallest absolute Gasteiger partial charge is 0.458 e. The lowest BCUT2D eigenvalue weighted by atomic mass is 10.0. The SMILES string of the molecule is CC(C)(C)OC(=O)C(Cc1c[nH]c2ccc(Cl)cc12)NC(=O)C(F)(F)F. The maximum absolute atomic E-state index is 12.6. The van der Waals surface area contributed by atoms with E-state index in [-0.39, 0.29) is 6.42 Å². The summed E-state index contributed by atoms with van der Waals surface area (Å²) in [6.07, 6.45) is -3.74. The van der Waals surface area contributed by atoms with Crippen LogP contribution in [0, 0.1) is 0 Å². The molecule has 1 amide bonds. The molecule has 0 aliphatic heterocycles. The van der Waals surface area contributed by atoms with Crippen molar-refractivity contribution in [1.82, 2.24) is 10.3 Å². The summed E-state index contributed by atoms with van der Waals surface area (Å²) in [7, 11) is 0. The average molecular weight is 391 g/mol. The summed E-state index contributed by atoms with van der Waals surface area (Å²) >= 11 is 5.95. The molecule has 0 bridgehead atoms. The molecule has 1 atom stereocenters. The van der Waals surface area contributed by atoms with Crippen LogP contribution in [0.4, 0.5) is 13.2 Å². The summed E-state index contributed by atoms with van der Waals surface area (Å²) in [5.74, 6) is -3.15. The molecule has 2 N–H and O–H groups in total. The van der Waals surface area contributed by atoms with Crippen molar-refractivity contribution >= 4 is 34.4 Å². The summed E-state index contributed by atoms with van der Waals surface area (Å²) in [5.41, 5.74) is 0.317. The van der Waals surface area contributed by atoms with Crippen molar-refractivity contribution in [3.8, 4) is 0 Å². The minimum absolute atomic E-state index is 0.183. The fourth-order valence-electron chi connectivity index (χ4n) is 2.35. The van der Waals surface area contributed by atoms with Crippen LogP contribution >= 0.6 is 11.6 Å². The molecule has 0 aliphatic rings. The zero-order chi connectivity index (χ0) is 19.7. The van der Waals surface area contributed by atoms with E-state index in [1.165, 1.54) is 0 Å². The minimum Gasteiger partial charge on any atom is -0.458 e. The van der Waals surface area contributed by atoms with Crippen LogP contribution < -0.4 is 5.32 Å². The molecule has 2 aromatic rings. The molecule has 2 rings (SSSR count). The zero-order valence-corrected chi connectivity index (χ0v) is 15.1.